The van der Waals surface area contributed by atoms with E-state index >= 15 is 0 Å². The van der Waals surface area contributed by atoms with Crippen LogP contribution in [0.5, 0.6) is 0 Å². The summed E-state index contributed by atoms with van der Waals surface area (Å²) >= 11 is 0. The predicted octanol–water partition coefficient (Wildman–Crippen LogP) is 5.55. The number of likely N-dealkylation sites (N-methyl/N-ethyl adjacent to an activating group) is 1. The first-order valence-electron chi connectivity index (χ1n) is 20.3. The Bertz CT molecular complexity index is 1210. The number of hydrogen-bond acceptors (Lipinski definition) is 6. The second kappa shape index (κ2) is 12.8. The van der Waals surface area contributed by atoms with Gasteiger partial charge in [0, 0.05) is 63.7 Å². The third-order valence-electron chi connectivity index (χ3n) is 16.5. The van der Waals surface area contributed by atoms with Crippen LogP contribution >= 0.6 is 0 Å². The molecule has 1 spiro atoms. The second-order valence-corrected chi connectivity index (χ2v) is 18.8. The van der Waals surface area contributed by atoms with Gasteiger partial charge in [-0.15, -0.1) is 0 Å². The molecule has 1 unspecified atom stereocenters. The maximum Gasteiger partial charge on any atom is 0.232 e. The lowest BCUT2D eigenvalue weighted by atomic mass is 9.44. The van der Waals surface area contributed by atoms with E-state index in [1.165, 1.54) is 44.9 Å². The molecule has 8 fully saturated rings. The van der Waals surface area contributed by atoms with Crippen LogP contribution in [0.3, 0.4) is 0 Å². The van der Waals surface area contributed by atoms with Gasteiger partial charge in [-0.05, 0) is 124 Å². The quantitative estimate of drug-likeness (QED) is 0.397. The summed E-state index contributed by atoms with van der Waals surface area (Å²) in [6.45, 7) is 17.0. The van der Waals surface area contributed by atoms with Crippen LogP contribution in [-0.2, 0) is 19.1 Å². The molecular formula is C40H66N4O4. The number of amides is 2. The van der Waals surface area contributed by atoms with Crippen LogP contribution in [0.15, 0.2) is 0 Å². The number of nitrogens with zero attached hydrogens (tertiary/aromatic N) is 3. The average molecular weight is 667 g/mol. The highest BCUT2D eigenvalue weighted by Crippen LogP contribution is 2.71. The first-order chi connectivity index (χ1) is 23.0. The molecule has 270 valence electrons. The summed E-state index contributed by atoms with van der Waals surface area (Å²) in [4.78, 5) is 33.3. The second-order valence-electron chi connectivity index (χ2n) is 18.8. The number of piperazine rings is 1. The Morgan fingerprint density at radius 1 is 0.812 bits per heavy atom. The molecule has 4 saturated heterocycles. The van der Waals surface area contributed by atoms with E-state index in [4.69, 9.17) is 9.47 Å². The number of hydrogen-bond donors (Lipinski definition) is 1. The number of likely N-dealkylation sites (tertiary alicyclic amines) is 1. The Hall–Kier alpha value is -1.22. The van der Waals surface area contributed by atoms with Crippen molar-refractivity contribution in [2.24, 2.45) is 52.3 Å². The van der Waals surface area contributed by atoms with Crippen molar-refractivity contribution in [1.82, 2.24) is 20.0 Å². The molecule has 2 amide bonds. The molecule has 0 aromatic carbocycles. The van der Waals surface area contributed by atoms with E-state index in [1.807, 2.05) is 4.90 Å². The van der Waals surface area contributed by atoms with E-state index in [0.29, 0.717) is 46.6 Å². The fourth-order valence-electron chi connectivity index (χ4n) is 13.6. The van der Waals surface area contributed by atoms with Gasteiger partial charge in [0.2, 0.25) is 11.8 Å². The van der Waals surface area contributed by atoms with Crippen LogP contribution in [0.2, 0.25) is 0 Å². The molecule has 8 heteroatoms. The van der Waals surface area contributed by atoms with Gasteiger partial charge in [-0.3, -0.25) is 14.5 Å². The number of piperidine rings is 1. The minimum atomic E-state index is -0.328. The molecule has 4 aliphatic carbocycles. The summed E-state index contributed by atoms with van der Waals surface area (Å²) in [6, 6.07) is 0.796. The van der Waals surface area contributed by atoms with Crippen LogP contribution in [0, 0.1) is 52.3 Å². The summed E-state index contributed by atoms with van der Waals surface area (Å²) in [5.41, 5.74) is 0.728. The summed E-state index contributed by atoms with van der Waals surface area (Å²) in [6.07, 6.45) is 14.6. The van der Waals surface area contributed by atoms with E-state index in [0.717, 1.165) is 95.7 Å². The number of carbonyl (C=O) groups excluding carboxylic acids is 2. The summed E-state index contributed by atoms with van der Waals surface area (Å²) in [7, 11) is 2.20. The van der Waals surface area contributed by atoms with E-state index in [9.17, 15) is 9.59 Å². The maximum atomic E-state index is 13.2. The van der Waals surface area contributed by atoms with Crippen molar-refractivity contribution in [2.75, 3.05) is 52.9 Å². The van der Waals surface area contributed by atoms with Gasteiger partial charge in [0.05, 0.1) is 12.7 Å². The maximum absolute atomic E-state index is 13.2. The first-order valence-corrected chi connectivity index (χ1v) is 20.3. The molecule has 8 nitrogen and oxygen atoms in total. The molecule has 0 aromatic rings. The van der Waals surface area contributed by atoms with Crippen LogP contribution in [0.1, 0.15) is 111 Å². The lowest BCUT2D eigenvalue weighted by Gasteiger charge is -2.61. The van der Waals surface area contributed by atoms with Gasteiger partial charge in [0.1, 0.15) is 6.42 Å². The van der Waals surface area contributed by atoms with Crippen molar-refractivity contribution in [2.45, 2.75) is 135 Å². The monoisotopic (exact) mass is 667 g/mol. The van der Waals surface area contributed by atoms with Crippen molar-refractivity contribution in [3.8, 4) is 0 Å². The fraction of sp³-hybridized carbons (Fsp3) is 0.950. The number of rotatable bonds is 4. The molecule has 8 aliphatic rings. The average Bonchev–Trinajstić information content (AvgIpc) is 3.52. The van der Waals surface area contributed by atoms with Crippen molar-refractivity contribution >= 4 is 11.8 Å². The normalized spacial score (nSPS) is 48.4. The molecule has 12 atom stereocenters. The number of ether oxygens (including phenoxy) is 2. The van der Waals surface area contributed by atoms with Gasteiger partial charge >= 0.3 is 0 Å². The minimum Gasteiger partial charge on any atom is -0.353 e. The molecule has 4 heterocycles. The molecular weight excluding hydrogens is 600 g/mol. The Labute approximate surface area is 290 Å². The van der Waals surface area contributed by atoms with Gasteiger partial charge in [-0.1, -0.05) is 27.7 Å². The molecule has 4 aliphatic heterocycles. The van der Waals surface area contributed by atoms with Gasteiger partial charge in [-0.2, -0.15) is 0 Å². The topological polar surface area (TPSA) is 74.3 Å². The van der Waals surface area contributed by atoms with Crippen molar-refractivity contribution in [3.05, 3.63) is 0 Å². The molecule has 4 saturated carbocycles. The van der Waals surface area contributed by atoms with E-state index in [1.54, 1.807) is 0 Å². The van der Waals surface area contributed by atoms with Gasteiger partial charge < -0.3 is 24.6 Å². The Balaban J connectivity index is 0.831. The zero-order valence-corrected chi connectivity index (χ0v) is 30.9. The van der Waals surface area contributed by atoms with E-state index < -0.39 is 0 Å². The lowest BCUT2D eigenvalue weighted by molar-refractivity contribution is -0.273. The van der Waals surface area contributed by atoms with Crippen LogP contribution in [0.4, 0.5) is 0 Å². The number of fused-ring (bicyclic) bond motifs is 7. The third-order valence-corrected chi connectivity index (χ3v) is 16.5. The Morgan fingerprint density at radius 3 is 2.29 bits per heavy atom. The molecule has 0 bridgehead atoms. The van der Waals surface area contributed by atoms with E-state index in [-0.39, 0.29) is 30.1 Å². The number of nitrogens with one attached hydrogen (secondary N) is 1. The minimum absolute atomic E-state index is 0.0107. The van der Waals surface area contributed by atoms with Crippen LogP contribution in [0.25, 0.3) is 0 Å². The fourth-order valence-corrected chi connectivity index (χ4v) is 13.6. The predicted molar refractivity (Wildman–Crippen MR) is 187 cm³/mol. The van der Waals surface area contributed by atoms with Gasteiger partial charge in [0.15, 0.2) is 5.79 Å². The third kappa shape index (κ3) is 5.69. The first kappa shape index (κ1) is 33.9. The molecule has 0 radical (unpaired) electrons. The molecule has 1 N–H and O–H groups in total. The van der Waals surface area contributed by atoms with Gasteiger partial charge in [0.25, 0.3) is 0 Å². The van der Waals surface area contributed by atoms with Crippen molar-refractivity contribution < 1.29 is 19.1 Å². The molecule has 8 rings (SSSR count). The van der Waals surface area contributed by atoms with E-state index in [2.05, 4.69) is 49.9 Å². The zero-order valence-electron chi connectivity index (χ0n) is 30.9. The molecule has 0 aromatic heterocycles. The Kier molecular flexibility index (Phi) is 9.02. The summed E-state index contributed by atoms with van der Waals surface area (Å²) < 4.78 is 13.5. The van der Waals surface area contributed by atoms with Crippen molar-refractivity contribution in [3.63, 3.8) is 0 Å². The highest BCUT2D eigenvalue weighted by molar-refractivity contribution is 5.97. The molecule has 48 heavy (non-hydrogen) atoms. The SMILES string of the molecule is C[C@H]1CC[C@@]2(OC1)O[C@H]1C[C@H]3[C@@H]4CC[C@@H]5C[C@H](NC(=O)CC(=O)N6CCC(N7CCN(C)CC7)CC6)CC[C@]5(C)C4CC[C@]3(C)[C@H]1[C@@H]2C. The highest BCUT2D eigenvalue weighted by atomic mass is 16.7. The van der Waals surface area contributed by atoms with Crippen LogP contribution < -0.4 is 5.32 Å². The lowest BCUT2D eigenvalue weighted by Crippen LogP contribution is -2.56. The Morgan fingerprint density at radius 2 is 1.56 bits per heavy atom. The number of carbonyl (C=O) groups is 2. The summed E-state index contributed by atoms with van der Waals surface area (Å²) in [5.74, 6) is 4.41. The summed E-state index contributed by atoms with van der Waals surface area (Å²) in [5, 5.41) is 3.35. The van der Waals surface area contributed by atoms with Gasteiger partial charge in [-0.25, -0.2) is 0 Å². The van der Waals surface area contributed by atoms with Crippen LogP contribution in [-0.4, -0.2) is 103 Å². The highest BCUT2D eigenvalue weighted by Gasteiger charge is 2.69. The standard InChI is InChI=1S/C40H66N4O4/c1-26-8-15-40(47-25-26)27(2)37-34(48-40)23-33-31-7-6-28-22-29(9-13-38(28,3)32(31)10-14-39(33,37)4)41-35(45)24-36(46)44-16-11-30(12-17-44)43-20-18-42(5)19-21-43/h26-34,37H,6-25H2,1-5H3,(H,41,45)/t26-,27-,28+,29+,31+,32?,33-,34-,37-,38-,39-,40+/m0/s1. The zero-order chi connectivity index (χ0) is 33.4. The largest absolute Gasteiger partial charge is 0.353 e. The smallest absolute Gasteiger partial charge is 0.232 e. The van der Waals surface area contributed by atoms with Crippen molar-refractivity contribution in [1.29, 1.82) is 0 Å².